The smallest absolute Gasteiger partial charge is 0.308 e. The van der Waals surface area contributed by atoms with Crippen molar-refractivity contribution in [2.24, 2.45) is 0 Å². The van der Waals surface area contributed by atoms with Gasteiger partial charge in [0.25, 0.3) is 0 Å². The molecule has 2 amide bonds. The highest BCUT2D eigenvalue weighted by Gasteiger charge is 2.08. The molecule has 0 saturated carbocycles. The zero-order chi connectivity index (χ0) is 16.1. The molecule has 1 aromatic heterocycles. The average molecular weight is 306 g/mol. The Hall–Kier alpha value is -3.08. The van der Waals surface area contributed by atoms with Gasteiger partial charge in [0.1, 0.15) is 0 Å². The number of rotatable bonds is 4. The molecule has 2 aromatic carbocycles. The fourth-order valence-corrected chi connectivity index (χ4v) is 2.36. The number of hydrogen-bond acceptors (Lipinski definition) is 2. The van der Waals surface area contributed by atoms with Gasteiger partial charge in [-0.2, -0.15) is 0 Å². The SMILES string of the molecule is CCc1cccc(NC(=O)Nc2ccccc2-n2ccnc2)c1. The van der Waals surface area contributed by atoms with Crippen LogP contribution in [0.25, 0.3) is 5.69 Å². The van der Waals surface area contributed by atoms with Crippen molar-refractivity contribution >= 4 is 17.4 Å². The maximum Gasteiger partial charge on any atom is 0.323 e. The molecule has 116 valence electrons. The molecule has 0 atom stereocenters. The summed E-state index contributed by atoms with van der Waals surface area (Å²) in [6.07, 6.45) is 6.17. The summed E-state index contributed by atoms with van der Waals surface area (Å²) in [6, 6.07) is 15.1. The lowest BCUT2D eigenvalue weighted by Gasteiger charge is -2.12. The van der Waals surface area contributed by atoms with Crippen LogP contribution in [0.1, 0.15) is 12.5 Å². The van der Waals surface area contributed by atoms with Crippen LogP contribution in [-0.4, -0.2) is 15.6 Å². The minimum Gasteiger partial charge on any atom is -0.308 e. The molecule has 1 heterocycles. The Balaban J connectivity index is 1.76. The first kappa shape index (κ1) is 14.8. The molecule has 0 spiro atoms. The Labute approximate surface area is 135 Å². The van der Waals surface area contributed by atoms with Crippen molar-refractivity contribution in [1.29, 1.82) is 0 Å². The van der Waals surface area contributed by atoms with Crippen LogP contribution in [0.15, 0.2) is 67.3 Å². The molecule has 3 aromatic rings. The molecule has 0 saturated heterocycles. The average Bonchev–Trinajstić information content (AvgIpc) is 3.10. The number of aryl methyl sites for hydroxylation is 1. The molecule has 23 heavy (non-hydrogen) atoms. The lowest BCUT2D eigenvalue weighted by atomic mass is 10.1. The van der Waals surface area contributed by atoms with Gasteiger partial charge in [-0.05, 0) is 36.2 Å². The Bertz CT molecular complexity index is 796. The van der Waals surface area contributed by atoms with Crippen molar-refractivity contribution in [3.8, 4) is 5.69 Å². The Morgan fingerprint density at radius 3 is 2.78 bits per heavy atom. The second-order valence-corrected chi connectivity index (χ2v) is 5.12. The number of anilines is 2. The Kier molecular flexibility index (Phi) is 4.38. The predicted octanol–water partition coefficient (Wildman–Crippen LogP) is 4.08. The van der Waals surface area contributed by atoms with Gasteiger partial charge in [-0.25, -0.2) is 9.78 Å². The summed E-state index contributed by atoms with van der Waals surface area (Å²) in [5.41, 5.74) is 3.54. The summed E-state index contributed by atoms with van der Waals surface area (Å²) >= 11 is 0. The van der Waals surface area contributed by atoms with E-state index in [2.05, 4.69) is 22.5 Å². The molecular weight excluding hydrogens is 288 g/mol. The summed E-state index contributed by atoms with van der Waals surface area (Å²) in [7, 11) is 0. The third kappa shape index (κ3) is 3.58. The van der Waals surface area contributed by atoms with Crippen molar-refractivity contribution in [3.63, 3.8) is 0 Å². The fraction of sp³-hybridized carbons (Fsp3) is 0.111. The third-order valence-corrected chi connectivity index (χ3v) is 3.53. The normalized spacial score (nSPS) is 10.3. The molecule has 0 aliphatic heterocycles. The molecule has 0 radical (unpaired) electrons. The van der Waals surface area contributed by atoms with Gasteiger partial charge in [-0.1, -0.05) is 31.2 Å². The van der Waals surface area contributed by atoms with Crippen molar-refractivity contribution in [2.45, 2.75) is 13.3 Å². The number of hydrogen-bond donors (Lipinski definition) is 2. The van der Waals surface area contributed by atoms with E-state index in [1.165, 1.54) is 5.56 Å². The van der Waals surface area contributed by atoms with Gasteiger partial charge < -0.3 is 15.2 Å². The van der Waals surface area contributed by atoms with Crippen molar-refractivity contribution in [2.75, 3.05) is 10.6 Å². The third-order valence-electron chi connectivity index (χ3n) is 3.53. The van der Waals surface area contributed by atoms with Crippen LogP contribution in [-0.2, 0) is 6.42 Å². The quantitative estimate of drug-likeness (QED) is 0.763. The van der Waals surface area contributed by atoms with Gasteiger partial charge in [0.15, 0.2) is 0 Å². The van der Waals surface area contributed by atoms with Gasteiger partial charge in [-0.3, -0.25) is 0 Å². The topological polar surface area (TPSA) is 59.0 Å². The summed E-state index contributed by atoms with van der Waals surface area (Å²) < 4.78 is 1.85. The number of nitrogens with zero attached hydrogens (tertiary/aromatic N) is 2. The highest BCUT2D eigenvalue weighted by atomic mass is 16.2. The molecular formula is C18H18N4O. The van der Waals surface area contributed by atoms with Crippen LogP contribution in [0.5, 0.6) is 0 Å². The van der Waals surface area contributed by atoms with E-state index >= 15 is 0 Å². The van der Waals surface area contributed by atoms with Crippen LogP contribution in [0.3, 0.4) is 0 Å². The number of urea groups is 1. The van der Waals surface area contributed by atoms with Gasteiger partial charge in [0, 0.05) is 18.1 Å². The number of carbonyl (C=O) groups excluding carboxylic acids is 1. The number of amides is 2. The highest BCUT2D eigenvalue weighted by Crippen LogP contribution is 2.20. The summed E-state index contributed by atoms with van der Waals surface area (Å²) in [6.45, 7) is 2.08. The maximum absolute atomic E-state index is 12.3. The van der Waals surface area contributed by atoms with E-state index in [0.717, 1.165) is 23.5 Å². The summed E-state index contributed by atoms with van der Waals surface area (Å²) in [5, 5.41) is 5.75. The monoisotopic (exact) mass is 306 g/mol. The molecule has 5 heteroatoms. The minimum atomic E-state index is -0.272. The number of benzene rings is 2. The van der Waals surface area contributed by atoms with Crippen LogP contribution in [0.2, 0.25) is 0 Å². The first-order valence-corrected chi connectivity index (χ1v) is 7.50. The molecule has 2 N–H and O–H groups in total. The van der Waals surface area contributed by atoms with Gasteiger partial charge in [0.05, 0.1) is 17.7 Å². The van der Waals surface area contributed by atoms with Crippen LogP contribution < -0.4 is 10.6 Å². The van der Waals surface area contributed by atoms with E-state index in [0.29, 0.717) is 0 Å². The van der Waals surface area contributed by atoms with E-state index in [9.17, 15) is 4.79 Å². The molecule has 0 bridgehead atoms. The lowest BCUT2D eigenvalue weighted by Crippen LogP contribution is -2.20. The highest BCUT2D eigenvalue weighted by molar-refractivity contribution is 6.01. The van der Waals surface area contributed by atoms with E-state index in [1.807, 2.05) is 59.3 Å². The van der Waals surface area contributed by atoms with E-state index in [4.69, 9.17) is 0 Å². The molecule has 0 fully saturated rings. The van der Waals surface area contributed by atoms with Crippen LogP contribution in [0.4, 0.5) is 16.2 Å². The van der Waals surface area contributed by atoms with Crippen molar-refractivity contribution < 1.29 is 4.79 Å². The zero-order valence-corrected chi connectivity index (χ0v) is 12.9. The molecule has 0 aliphatic carbocycles. The number of para-hydroxylation sites is 2. The molecule has 5 nitrogen and oxygen atoms in total. The lowest BCUT2D eigenvalue weighted by molar-refractivity contribution is 0.262. The number of carbonyl (C=O) groups is 1. The Morgan fingerprint density at radius 2 is 2.00 bits per heavy atom. The Morgan fingerprint density at radius 1 is 1.13 bits per heavy atom. The number of imidazole rings is 1. The predicted molar refractivity (Wildman–Crippen MR) is 92.0 cm³/mol. The summed E-state index contributed by atoms with van der Waals surface area (Å²) in [5.74, 6) is 0. The zero-order valence-electron chi connectivity index (χ0n) is 12.9. The van der Waals surface area contributed by atoms with E-state index in [-0.39, 0.29) is 6.03 Å². The van der Waals surface area contributed by atoms with Crippen LogP contribution in [0, 0.1) is 0 Å². The number of nitrogens with one attached hydrogen (secondary N) is 2. The second kappa shape index (κ2) is 6.79. The molecule has 0 aliphatic rings. The molecule has 0 unspecified atom stereocenters. The standard InChI is InChI=1S/C18H18N4O/c1-2-14-6-5-7-15(12-14)20-18(23)21-16-8-3-4-9-17(16)22-11-10-19-13-22/h3-13H,2H2,1H3,(H2,20,21,23). The largest absolute Gasteiger partial charge is 0.323 e. The summed E-state index contributed by atoms with van der Waals surface area (Å²) in [4.78, 5) is 16.3. The van der Waals surface area contributed by atoms with Gasteiger partial charge in [-0.15, -0.1) is 0 Å². The minimum absolute atomic E-state index is 0.272. The maximum atomic E-state index is 12.3. The molecule has 3 rings (SSSR count). The first-order chi connectivity index (χ1) is 11.3. The number of aromatic nitrogens is 2. The van der Waals surface area contributed by atoms with Gasteiger partial charge in [0.2, 0.25) is 0 Å². The van der Waals surface area contributed by atoms with E-state index < -0.39 is 0 Å². The second-order valence-electron chi connectivity index (χ2n) is 5.12. The first-order valence-electron chi connectivity index (χ1n) is 7.50. The van der Waals surface area contributed by atoms with Gasteiger partial charge >= 0.3 is 6.03 Å². The van der Waals surface area contributed by atoms with Crippen LogP contribution >= 0.6 is 0 Å². The fourth-order valence-electron chi connectivity index (χ4n) is 2.36. The van der Waals surface area contributed by atoms with Crippen molar-refractivity contribution in [1.82, 2.24) is 9.55 Å². The van der Waals surface area contributed by atoms with Crippen molar-refractivity contribution in [3.05, 3.63) is 72.8 Å². The van der Waals surface area contributed by atoms with E-state index in [1.54, 1.807) is 12.5 Å².